The minimum absolute atomic E-state index is 0.251. The molecule has 0 fully saturated rings. The fourth-order valence-corrected chi connectivity index (χ4v) is 1.20. The fraction of sp³-hybridized carbons (Fsp3) is 0.875. The Morgan fingerprint density at radius 2 is 2.17 bits per heavy atom. The molecular weight excluding hydrogens is 156 g/mol. The summed E-state index contributed by atoms with van der Waals surface area (Å²) in [5, 5.41) is 8.53. The van der Waals surface area contributed by atoms with Gasteiger partial charge in [-0.05, 0) is 25.3 Å². The summed E-state index contributed by atoms with van der Waals surface area (Å²) < 4.78 is 0. The lowest BCUT2D eigenvalue weighted by Crippen LogP contribution is -2.34. The first kappa shape index (κ1) is 11.4. The molecule has 2 atom stereocenters. The normalized spacial score (nSPS) is 15.6. The van der Waals surface area contributed by atoms with E-state index in [1.807, 2.05) is 0 Å². The van der Waals surface area contributed by atoms with E-state index in [9.17, 15) is 4.79 Å². The Morgan fingerprint density at radius 3 is 2.50 bits per heavy atom. The van der Waals surface area contributed by atoms with Crippen molar-refractivity contribution in [1.29, 1.82) is 0 Å². The predicted molar refractivity (Wildman–Crippen MR) is 47.7 cm³/mol. The van der Waals surface area contributed by atoms with Crippen LogP contribution in [0, 0.1) is 5.92 Å². The zero-order valence-electron chi connectivity index (χ0n) is 7.49. The highest BCUT2D eigenvalue weighted by molar-refractivity contribution is 5.73. The summed E-state index contributed by atoms with van der Waals surface area (Å²) in [5.74, 6) is -0.689. The summed E-state index contributed by atoms with van der Waals surface area (Å²) in [7, 11) is 0. The molecule has 0 saturated heterocycles. The highest BCUT2D eigenvalue weighted by Gasteiger charge is 2.16. The van der Waals surface area contributed by atoms with Crippen LogP contribution in [0.5, 0.6) is 0 Å². The summed E-state index contributed by atoms with van der Waals surface area (Å²) in [6.07, 6.45) is 2.46. The SMILES string of the molecule is CCCC(CN)CC(N)C(=O)O. The molecule has 0 amide bonds. The molecule has 0 spiro atoms. The molecule has 0 bridgehead atoms. The molecule has 0 saturated carbocycles. The Labute approximate surface area is 72.9 Å². The van der Waals surface area contributed by atoms with Crippen LogP contribution in [0.15, 0.2) is 0 Å². The van der Waals surface area contributed by atoms with E-state index in [4.69, 9.17) is 16.6 Å². The molecule has 0 radical (unpaired) electrons. The monoisotopic (exact) mass is 174 g/mol. The average Bonchev–Trinajstić information content (AvgIpc) is 2.03. The van der Waals surface area contributed by atoms with Gasteiger partial charge in [-0.15, -0.1) is 0 Å². The van der Waals surface area contributed by atoms with Crippen LogP contribution in [0.4, 0.5) is 0 Å². The van der Waals surface area contributed by atoms with E-state index >= 15 is 0 Å². The summed E-state index contributed by atoms with van der Waals surface area (Å²) in [5.41, 5.74) is 10.8. The van der Waals surface area contributed by atoms with Gasteiger partial charge in [-0.25, -0.2) is 0 Å². The standard InChI is InChI=1S/C8H18N2O2/c1-2-3-6(5-9)4-7(10)8(11)12/h6-7H,2-5,9-10H2,1H3,(H,11,12). The Hall–Kier alpha value is -0.610. The van der Waals surface area contributed by atoms with Crippen molar-refractivity contribution in [2.24, 2.45) is 17.4 Å². The van der Waals surface area contributed by atoms with Gasteiger partial charge in [-0.2, -0.15) is 0 Å². The van der Waals surface area contributed by atoms with Gasteiger partial charge in [-0.3, -0.25) is 4.79 Å². The first-order valence-electron chi connectivity index (χ1n) is 4.30. The number of carbonyl (C=O) groups is 1. The van der Waals surface area contributed by atoms with Gasteiger partial charge in [0.25, 0.3) is 0 Å². The zero-order valence-corrected chi connectivity index (χ0v) is 7.49. The number of carboxylic acids is 1. The molecule has 2 unspecified atom stereocenters. The van der Waals surface area contributed by atoms with Gasteiger partial charge in [0, 0.05) is 0 Å². The van der Waals surface area contributed by atoms with Gasteiger partial charge in [0.2, 0.25) is 0 Å². The maximum atomic E-state index is 10.4. The molecule has 72 valence electrons. The molecule has 0 aliphatic rings. The highest BCUT2D eigenvalue weighted by Crippen LogP contribution is 2.10. The van der Waals surface area contributed by atoms with E-state index in [1.54, 1.807) is 0 Å². The number of hydrogen-bond acceptors (Lipinski definition) is 3. The van der Waals surface area contributed by atoms with E-state index in [2.05, 4.69) is 6.92 Å². The van der Waals surface area contributed by atoms with Gasteiger partial charge in [0.15, 0.2) is 0 Å². The lowest BCUT2D eigenvalue weighted by Gasteiger charge is -2.15. The second kappa shape index (κ2) is 5.97. The van der Waals surface area contributed by atoms with Crippen molar-refractivity contribution in [3.8, 4) is 0 Å². The Morgan fingerprint density at radius 1 is 1.58 bits per heavy atom. The lowest BCUT2D eigenvalue weighted by molar-refractivity contribution is -0.138. The summed E-state index contributed by atoms with van der Waals surface area (Å²) in [6, 6.07) is -0.759. The van der Waals surface area contributed by atoms with Gasteiger partial charge in [0.05, 0.1) is 0 Å². The Bertz CT molecular complexity index is 139. The third kappa shape index (κ3) is 4.31. The van der Waals surface area contributed by atoms with Crippen LogP contribution in [0.2, 0.25) is 0 Å². The van der Waals surface area contributed by atoms with Crippen molar-refractivity contribution in [3.63, 3.8) is 0 Å². The molecule has 0 aliphatic heterocycles. The molecule has 0 aromatic heterocycles. The van der Waals surface area contributed by atoms with E-state index in [0.29, 0.717) is 13.0 Å². The van der Waals surface area contributed by atoms with Crippen molar-refractivity contribution in [2.75, 3.05) is 6.54 Å². The van der Waals surface area contributed by atoms with Crippen molar-refractivity contribution in [2.45, 2.75) is 32.2 Å². The molecular formula is C8H18N2O2. The van der Waals surface area contributed by atoms with Crippen molar-refractivity contribution in [1.82, 2.24) is 0 Å². The number of carboxylic acid groups (broad SMARTS) is 1. The summed E-state index contributed by atoms with van der Waals surface area (Å²) >= 11 is 0. The van der Waals surface area contributed by atoms with Gasteiger partial charge in [0.1, 0.15) is 6.04 Å². The fourth-order valence-electron chi connectivity index (χ4n) is 1.20. The number of rotatable bonds is 6. The first-order chi connectivity index (χ1) is 5.61. The number of nitrogens with two attached hydrogens (primary N) is 2. The maximum Gasteiger partial charge on any atom is 0.320 e. The molecule has 12 heavy (non-hydrogen) atoms. The summed E-state index contributed by atoms with van der Waals surface area (Å²) in [6.45, 7) is 2.57. The highest BCUT2D eigenvalue weighted by atomic mass is 16.4. The third-order valence-electron chi connectivity index (χ3n) is 1.93. The molecule has 0 aromatic rings. The van der Waals surface area contributed by atoms with Crippen LogP contribution in [0.1, 0.15) is 26.2 Å². The molecule has 4 heteroatoms. The van der Waals surface area contributed by atoms with Crippen LogP contribution < -0.4 is 11.5 Å². The largest absolute Gasteiger partial charge is 0.480 e. The average molecular weight is 174 g/mol. The van der Waals surface area contributed by atoms with E-state index < -0.39 is 12.0 Å². The van der Waals surface area contributed by atoms with Crippen LogP contribution >= 0.6 is 0 Å². The van der Waals surface area contributed by atoms with Crippen molar-refractivity contribution < 1.29 is 9.90 Å². The van der Waals surface area contributed by atoms with Crippen LogP contribution in [-0.4, -0.2) is 23.7 Å². The van der Waals surface area contributed by atoms with Crippen LogP contribution in [0.3, 0.4) is 0 Å². The molecule has 5 N–H and O–H groups in total. The van der Waals surface area contributed by atoms with Crippen LogP contribution in [0.25, 0.3) is 0 Å². The maximum absolute atomic E-state index is 10.4. The Balaban J connectivity index is 3.76. The second-order valence-electron chi connectivity index (χ2n) is 3.07. The summed E-state index contributed by atoms with van der Waals surface area (Å²) in [4.78, 5) is 10.4. The number of aliphatic carboxylic acids is 1. The Kier molecular flexibility index (Phi) is 5.66. The van der Waals surface area contributed by atoms with E-state index in [1.165, 1.54) is 0 Å². The topological polar surface area (TPSA) is 89.3 Å². The quantitative estimate of drug-likeness (QED) is 0.535. The van der Waals surface area contributed by atoms with Gasteiger partial charge >= 0.3 is 5.97 Å². The molecule has 0 aromatic carbocycles. The van der Waals surface area contributed by atoms with Crippen molar-refractivity contribution in [3.05, 3.63) is 0 Å². The smallest absolute Gasteiger partial charge is 0.320 e. The second-order valence-corrected chi connectivity index (χ2v) is 3.07. The minimum atomic E-state index is -0.940. The molecule has 0 rings (SSSR count). The molecule has 4 nitrogen and oxygen atoms in total. The molecule has 0 aliphatic carbocycles. The number of hydrogen-bond donors (Lipinski definition) is 3. The zero-order chi connectivity index (χ0) is 9.56. The van der Waals surface area contributed by atoms with Gasteiger partial charge in [-0.1, -0.05) is 13.3 Å². The lowest BCUT2D eigenvalue weighted by atomic mass is 9.96. The third-order valence-corrected chi connectivity index (χ3v) is 1.93. The molecule has 0 heterocycles. The first-order valence-corrected chi connectivity index (χ1v) is 4.30. The van der Waals surface area contributed by atoms with Crippen molar-refractivity contribution >= 4 is 5.97 Å². The van der Waals surface area contributed by atoms with E-state index in [-0.39, 0.29) is 5.92 Å². The minimum Gasteiger partial charge on any atom is -0.480 e. The van der Waals surface area contributed by atoms with Gasteiger partial charge < -0.3 is 16.6 Å². The van der Waals surface area contributed by atoms with E-state index in [0.717, 1.165) is 12.8 Å². The van der Waals surface area contributed by atoms with Crippen LogP contribution in [-0.2, 0) is 4.79 Å². The predicted octanol–water partition coefficient (Wildman–Crippen LogP) is 0.163.